The zero-order chi connectivity index (χ0) is 19.5. The second-order valence-electron chi connectivity index (χ2n) is 7.15. The van der Waals surface area contributed by atoms with Crippen molar-refractivity contribution in [2.24, 2.45) is 0 Å². The Morgan fingerprint density at radius 2 is 1.69 bits per heavy atom. The number of hydrogen-bond acceptors (Lipinski definition) is 3. The van der Waals surface area contributed by atoms with Gasteiger partial charge in [-0.05, 0) is 73.1 Å². The molecule has 0 aliphatic heterocycles. The minimum atomic E-state index is -3.93. The van der Waals surface area contributed by atoms with Crippen molar-refractivity contribution >= 4 is 19.0 Å². The van der Waals surface area contributed by atoms with Crippen molar-refractivity contribution in [2.45, 2.75) is 46.5 Å². The van der Waals surface area contributed by atoms with Crippen LogP contribution in [0.25, 0.3) is 0 Å². The topological polar surface area (TPSA) is 89.8 Å². The molecular weight excluding hydrogens is 349 g/mol. The molecule has 0 fully saturated rings. The maximum Gasteiger partial charge on any atom is 0.325 e. The maximum atomic E-state index is 11.0. The lowest BCUT2D eigenvalue weighted by atomic mass is 9.99. The van der Waals surface area contributed by atoms with Crippen molar-refractivity contribution in [3.05, 3.63) is 52.6 Å². The van der Waals surface area contributed by atoms with Crippen molar-refractivity contribution < 1.29 is 19.5 Å². The number of rotatable bonds is 7. The van der Waals surface area contributed by atoms with Crippen LogP contribution in [0.15, 0.2) is 30.3 Å². The zero-order valence-electron chi connectivity index (χ0n) is 15.8. The summed E-state index contributed by atoms with van der Waals surface area (Å²) in [6.45, 7) is 8.13. The van der Waals surface area contributed by atoms with Gasteiger partial charge in [0.25, 0.3) is 0 Å². The van der Waals surface area contributed by atoms with Gasteiger partial charge in [0.2, 0.25) is 0 Å². The molecule has 0 aliphatic rings. The first-order valence-corrected chi connectivity index (χ1v) is 10.6. The van der Waals surface area contributed by atoms with E-state index < -0.39 is 7.60 Å². The fourth-order valence-electron chi connectivity index (χ4n) is 3.12. The van der Waals surface area contributed by atoms with Crippen molar-refractivity contribution in [1.29, 1.82) is 0 Å². The highest BCUT2D eigenvalue weighted by molar-refractivity contribution is 7.51. The first kappa shape index (κ1) is 20.5. The van der Waals surface area contributed by atoms with Crippen molar-refractivity contribution in [3.8, 4) is 5.75 Å². The lowest BCUT2D eigenvalue weighted by Crippen LogP contribution is -2.00. The average Bonchev–Trinajstić information content (AvgIpc) is 2.51. The molecule has 0 radical (unpaired) electrons. The molecule has 0 atom stereocenters. The summed E-state index contributed by atoms with van der Waals surface area (Å²) in [5, 5.41) is 13.4. The van der Waals surface area contributed by atoms with Crippen LogP contribution in [0, 0.1) is 13.8 Å². The van der Waals surface area contributed by atoms with Gasteiger partial charge in [0.15, 0.2) is 0 Å². The Morgan fingerprint density at radius 3 is 2.23 bits per heavy atom. The van der Waals surface area contributed by atoms with E-state index in [2.05, 4.69) is 17.4 Å². The van der Waals surface area contributed by atoms with E-state index in [9.17, 15) is 9.67 Å². The van der Waals surface area contributed by atoms with Gasteiger partial charge >= 0.3 is 7.60 Å². The van der Waals surface area contributed by atoms with Gasteiger partial charge in [-0.15, -0.1) is 0 Å². The van der Waals surface area contributed by atoms with E-state index in [0.29, 0.717) is 18.6 Å². The first-order valence-electron chi connectivity index (χ1n) is 8.81. The van der Waals surface area contributed by atoms with E-state index in [1.54, 1.807) is 6.07 Å². The van der Waals surface area contributed by atoms with Gasteiger partial charge in [0, 0.05) is 11.4 Å². The molecule has 0 aromatic heterocycles. The third-order valence-corrected chi connectivity index (χ3v) is 5.33. The van der Waals surface area contributed by atoms with Crippen LogP contribution in [0.5, 0.6) is 5.75 Å². The molecule has 2 aromatic carbocycles. The lowest BCUT2D eigenvalue weighted by Gasteiger charge is -2.17. The van der Waals surface area contributed by atoms with Crippen molar-refractivity contribution in [1.82, 2.24) is 0 Å². The summed E-state index contributed by atoms with van der Waals surface area (Å²) in [5.41, 5.74) is 6.08. The number of aromatic hydroxyl groups is 1. The highest BCUT2D eigenvalue weighted by Gasteiger charge is 2.13. The van der Waals surface area contributed by atoms with Crippen LogP contribution in [-0.4, -0.2) is 21.1 Å². The average molecular weight is 377 g/mol. The Morgan fingerprint density at radius 1 is 1.08 bits per heavy atom. The van der Waals surface area contributed by atoms with Crippen LogP contribution in [0.1, 0.15) is 48.4 Å². The van der Waals surface area contributed by atoms with E-state index in [1.165, 1.54) is 0 Å². The molecule has 2 rings (SSSR count). The Kier molecular flexibility index (Phi) is 6.51. The number of phenolic OH excluding ortho intramolecular Hbond substituents is 1. The molecule has 142 valence electrons. The molecule has 0 amide bonds. The zero-order valence-corrected chi connectivity index (χ0v) is 16.7. The predicted octanol–water partition coefficient (Wildman–Crippen LogP) is 4.99. The second-order valence-corrected chi connectivity index (χ2v) is 8.93. The maximum absolute atomic E-state index is 11.0. The number of hydrogen-bond donors (Lipinski definition) is 4. The van der Waals surface area contributed by atoms with Crippen LogP contribution in [0.3, 0.4) is 0 Å². The van der Waals surface area contributed by atoms with Gasteiger partial charge in [0.1, 0.15) is 5.75 Å². The number of nitrogens with one attached hydrogen (secondary N) is 1. The molecular formula is C20H28NO4P. The number of benzene rings is 2. The third kappa shape index (κ3) is 5.60. The summed E-state index contributed by atoms with van der Waals surface area (Å²) >= 11 is 0. The van der Waals surface area contributed by atoms with E-state index in [4.69, 9.17) is 9.79 Å². The molecule has 0 heterocycles. The monoisotopic (exact) mass is 377 g/mol. The fraction of sp³-hybridized carbons (Fsp3) is 0.400. The van der Waals surface area contributed by atoms with Gasteiger partial charge in [0.05, 0.1) is 6.16 Å². The highest BCUT2D eigenvalue weighted by atomic mass is 31.2. The largest absolute Gasteiger partial charge is 0.508 e. The molecule has 6 heteroatoms. The molecule has 0 saturated heterocycles. The van der Waals surface area contributed by atoms with Gasteiger partial charge in [-0.2, -0.15) is 0 Å². The van der Waals surface area contributed by atoms with Gasteiger partial charge < -0.3 is 20.2 Å². The minimum Gasteiger partial charge on any atom is -0.508 e. The fourth-order valence-corrected chi connectivity index (χ4v) is 3.69. The summed E-state index contributed by atoms with van der Waals surface area (Å²) in [7, 11) is -3.93. The molecule has 2 aromatic rings. The van der Waals surface area contributed by atoms with Gasteiger partial charge in [-0.1, -0.05) is 26.0 Å². The van der Waals surface area contributed by atoms with Crippen LogP contribution < -0.4 is 5.32 Å². The summed E-state index contributed by atoms with van der Waals surface area (Å²) in [6.07, 6.45) is 1.02. The van der Waals surface area contributed by atoms with E-state index in [1.807, 2.05) is 39.8 Å². The van der Waals surface area contributed by atoms with Gasteiger partial charge in [-0.25, -0.2) is 0 Å². The second kappa shape index (κ2) is 8.26. The minimum absolute atomic E-state index is 0.0867. The van der Waals surface area contributed by atoms with Crippen molar-refractivity contribution in [3.63, 3.8) is 0 Å². The van der Waals surface area contributed by atoms with Crippen molar-refractivity contribution in [2.75, 3.05) is 11.5 Å². The Hall–Kier alpha value is -1.81. The quantitative estimate of drug-likeness (QED) is 0.403. The molecule has 5 nitrogen and oxygen atoms in total. The lowest BCUT2D eigenvalue weighted by molar-refractivity contribution is 0.371. The smallest absolute Gasteiger partial charge is 0.325 e. The van der Waals surface area contributed by atoms with Crippen LogP contribution in [0.2, 0.25) is 0 Å². The van der Waals surface area contributed by atoms with E-state index in [0.717, 1.165) is 33.6 Å². The first-order chi connectivity index (χ1) is 12.1. The summed E-state index contributed by atoms with van der Waals surface area (Å²) in [4.78, 5) is 18.0. The Balaban J connectivity index is 2.18. The summed E-state index contributed by atoms with van der Waals surface area (Å²) < 4.78 is 11.0. The number of phenols is 1. The Bertz CT molecular complexity index is 804. The third-order valence-electron chi connectivity index (χ3n) is 4.43. The predicted molar refractivity (Wildman–Crippen MR) is 107 cm³/mol. The molecule has 0 aliphatic carbocycles. The molecule has 0 unspecified atom stereocenters. The molecule has 0 saturated carbocycles. The van der Waals surface area contributed by atoms with Crippen LogP contribution in [-0.2, 0) is 11.0 Å². The number of anilines is 2. The number of aryl methyl sites for hydroxylation is 3. The standard InChI is InChI=1S/C20H28NO4P/c1-13(2)18-12-17(7-8-19(18)22)21-20-14(3)10-16(11-15(20)4)6-5-9-26(23,24)25/h7-8,10-13,21-22H,5-6,9H2,1-4H3,(H2,23,24,25). The van der Waals surface area contributed by atoms with E-state index in [-0.39, 0.29) is 12.1 Å². The molecule has 0 spiro atoms. The SMILES string of the molecule is Cc1cc(CCCP(=O)(O)O)cc(C)c1Nc1ccc(O)c(C(C)C)c1. The van der Waals surface area contributed by atoms with Crippen LogP contribution >= 0.6 is 7.60 Å². The summed E-state index contributed by atoms with van der Waals surface area (Å²) in [5.74, 6) is 0.537. The highest BCUT2D eigenvalue weighted by Crippen LogP contribution is 2.36. The Labute approximate surface area is 155 Å². The molecule has 26 heavy (non-hydrogen) atoms. The summed E-state index contributed by atoms with van der Waals surface area (Å²) in [6, 6.07) is 9.64. The van der Waals surface area contributed by atoms with Gasteiger partial charge in [-0.3, -0.25) is 4.57 Å². The molecule has 0 bridgehead atoms. The van der Waals surface area contributed by atoms with E-state index >= 15 is 0 Å². The normalized spacial score (nSPS) is 11.8. The molecule has 4 N–H and O–H groups in total. The van der Waals surface area contributed by atoms with Crippen LogP contribution in [0.4, 0.5) is 11.4 Å².